The molecule has 2 aromatic carbocycles. The largest absolute Gasteiger partial charge is 0.480 e. The Balaban J connectivity index is 1.66. The highest BCUT2D eigenvalue weighted by Gasteiger charge is 2.37. The number of carbonyl (C=O) groups excluding carboxylic acids is 2. The molecule has 2 aromatic rings. The van der Waals surface area contributed by atoms with Crippen LogP contribution in [0.5, 0.6) is 0 Å². The third-order valence-corrected chi connectivity index (χ3v) is 5.22. The molecule has 2 N–H and O–H groups in total. The predicted molar refractivity (Wildman–Crippen MR) is 113 cm³/mol. The lowest BCUT2D eigenvalue weighted by molar-refractivity contribution is -0.143. The van der Waals surface area contributed by atoms with Crippen LogP contribution in [0.1, 0.15) is 29.5 Å². The van der Waals surface area contributed by atoms with Gasteiger partial charge in [0.2, 0.25) is 11.8 Å². The lowest BCUT2D eigenvalue weighted by Gasteiger charge is -2.25. The summed E-state index contributed by atoms with van der Waals surface area (Å²) in [6, 6.07) is 14.5. The monoisotopic (exact) mass is 421 g/mol. The first kappa shape index (κ1) is 21.9. The number of amides is 2. The van der Waals surface area contributed by atoms with Crippen molar-refractivity contribution in [2.45, 2.75) is 44.4 Å². The van der Waals surface area contributed by atoms with Crippen molar-refractivity contribution in [3.05, 3.63) is 81.7 Å². The smallest absolute Gasteiger partial charge is 0.326 e. The number of benzene rings is 2. The summed E-state index contributed by atoms with van der Waals surface area (Å²) in [6.45, 7) is 0.519. The molecule has 9 nitrogen and oxygen atoms in total. The number of likely N-dealkylation sites (tertiary alicyclic amines) is 1. The highest BCUT2D eigenvalue weighted by molar-refractivity contribution is 5.93. The van der Waals surface area contributed by atoms with Crippen LogP contribution in [0.3, 0.4) is 0 Å². The summed E-state index contributed by atoms with van der Waals surface area (Å²) in [6.07, 6.45) is 0.718. The molecule has 0 saturated carbocycles. The zero-order chi connectivity index (χ0) is 22.2. The summed E-state index contributed by atoms with van der Waals surface area (Å²) in [7, 11) is 0. The Morgan fingerprint density at radius 1 is 1.13 bits per heavy atom. The van der Waals surface area contributed by atoms with Crippen LogP contribution in [0.2, 0.25) is 0 Å². The summed E-state index contributed by atoms with van der Waals surface area (Å²) in [5.41, 5.74) is 10.8. The third kappa shape index (κ3) is 5.83. The average molecular weight is 421 g/mol. The molecule has 1 fully saturated rings. The Morgan fingerprint density at radius 2 is 1.81 bits per heavy atom. The fourth-order valence-electron chi connectivity index (χ4n) is 3.58. The number of hydrogen-bond acceptors (Lipinski definition) is 4. The van der Waals surface area contributed by atoms with E-state index in [1.807, 2.05) is 30.3 Å². The van der Waals surface area contributed by atoms with Gasteiger partial charge in [0, 0.05) is 24.3 Å². The molecule has 1 aliphatic rings. The van der Waals surface area contributed by atoms with Gasteiger partial charge in [0.05, 0.1) is 6.54 Å². The minimum absolute atomic E-state index is 0.0994. The fraction of sp³-hybridized carbons (Fsp3) is 0.318. The van der Waals surface area contributed by atoms with Gasteiger partial charge in [0.25, 0.3) is 0 Å². The van der Waals surface area contributed by atoms with Gasteiger partial charge in [-0.15, -0.1) is 0 Å². The Kier molecular flexibility index (Phi) is 7.24. The SMILES string of the molecule is [N-]=[N+]=NCc1ccc(C[C@H](NC(=O)[C@@H]2CCC(=O)N2Cc2ccccc2)C(=O)O)cc1. The van der Waals surface area contributed by atoms with Crippen molar-refractivity contribution in [3.8, 4) is 0 Å². The van der Waals surface area contributed by atoms with Gasteiger partial charge in [-0.1, -0.05) is 59.7 Å². The van der Waals surface area contributed by atoms with E-state index in [4.69, 9.17) is 5.53 Å². The van der Waals surface area contributed by atoms with Crippen molar-refractivity contribution < 1.29 is 19.5 Å². The molecular formula is C22H23N5O4. The molecule has 0 unspecified atom stereocenters. The van der Waals surface area contributed by atoms with Crippen molar-refractivity contribution in [2.24, 2.45) is 5.11 Å². The van der Waals surface area contributed by atoms with E-state index in [0.29, 0.717) is 13.0 Å². The highest BCUT2D eigenvalue weighted by atomic mass is 16.4. The molecule has 2 atom stereocenters. The molecule has 31 heavy (non-hydrogen) atoms. The number of carboxylic acids is 1. The maximum Gasteiger partial charge on any atom is 0.326 e. The minimum atomic E-state index is -1.15. The molecule has 9 heteroatoms. The molecule has 0 aliphatic carbocycles. The summed E-state index contributed by atoms with van der Waals surface area (Å²) >= 11 is 0. The molecule has 3 rings (SSSR count). The Morgan fingerprint density at radius 3 is 2.45 bits per heavy atom. The fourth-order valence-corrected chi connectivity index (χ4v) is 3.58. The molecule has 1 saturated heterocycles. The molecule has 160 valence electrons. The van der Waals surface area contributed by atoms with Crippen LogP contribution in [0.15, 0.2) is 59.7 Å². The second-order valence-electron chi connectivity index (χ2n) is 7.37. The standard InChI is InChI=1S/C22H23N5O4/c23-26-24-13-16-8-6-15(7-9-16)12-18(22(30)31)25-21(29)19-10-11-20(28)27(19)14-17-4-2-1-3-5-17/h1-9,18-19H,10-14H2,(H,25,29)(H,30,31)/t18-,19-/m0/s1. The van der Waals surface area contributed by atoms with Gasteiger partial charge < -0.3 is 15.3 Å². The van der Waals surface area contributed by atoms with E-state index >= 15 is 0 Å². The van der Waals surface area contributed by atoms with Gasteiger partial charge in [0.1, 0.15) is 12.1 Å². The lowest BCUT2D eigenvalue weighted by atomic mass is 10.0. The number of nitrogens with one attached hydrogen (secondary N) is 1. The lowest BCUT2D eigenvalue weighted by Crippen LogP contribution is -2.50. The first-order valence-electron chi connectivity index (χ1n) is 9.93. The first-order valence-corrected chi connectivity index (χ1v) is 9.93. The minimum Gasteiger partial charge on any atom is -0.480 e. The molecule has 1 heterocycles. The van der Waals surface area contributed by atoms with E-state index in [2.05, 4.69) is 15.3 Å². The van der Waals surface area contributed by atoms with Crippen LogP contribution in [-0.4, -0.2) is 39.9 Å². The third-order valence-electron chi connectivity index (χ3n) is 5.22. The normalized spacial score (nSPS) is 16.5. The van der Waals surface area contributed by atoms with E-state index in [-0.39, 0.29) is 25.3 Å². The number of rotatable bonds is 9. The maximum absolute atomic E-state index is 12.9. The van der Waals surface area contributed by atoms with E-state index in [1.165, 1.54) is 4.90 Å². The van der Waals surface area contributed by atoms with Crippen molar-refractivity contribution >= 4 is 17.8 Å². The van der Waals surface area contributed by atoms with Gasteiger partial charge in [-0.05, 0) is 28.6 Å². The van der Waals surface area contributed by atoms with E-state index < -0.39 is 24.0 Å². The topological polar surface area (TPSA) is 135 Å². The van der Waals surface area contributed by atoms with Crippen LogP contribution < -0.4 is 5.32 Å². The van der Waals surface area contributed by atoms with Crippen LogP contribution in [0.4, 0.5) is 0 Å². The molecule has 0 bridgehead atoms. The molecule has 2 amide bonds. The predicted octanol–water partition coefficient (Wildman–Crippen LogP) is 2.80. The maximum atomic E-state index is 12.9. The molecule has 1 aliphatic heterocycles. The summed E-state index contributed by atoms with van der Waals surface area (Å²) in [4.78, 5) is 41.1. The van der Waals surface area contributed by atoms with Gasteiger partial charge in [-0.25, -0.2) is 4.79 Å². The van der Waals surface area contributed by atoms with Crippen LogP contribution in [-0.2, 0) is 33.9 Å². The number of nitrogens with zero attached hydrogens (tertiary/aromatic N) is 4. The Bertz CT molecular complexity index is 987. The molecule has 0 radical (unpaired) electrons. The average Bonchev–Trinajstić information content (AvgIpc) is 3.13. The van der Waals surface area contributed by atoms with Gasteiger partial charge in [0.15, 0.2) is 0 Å². The first-order chi connectivity index (χ1) is 15.0. The van der Waals surface area contributed by atoms with Crippen LogP contribution >= 0.6 is 0 Å². The van der Waals surface area contributed by atoms with Crippen LogP contribution in [0, 0.1) is 0 Å². The van der Waals surface area contributed by atoms with E-state index in [1.54, 1.807) is 24.3 Å². The van der Waals surface area contributed by atoms with E-state index in [9.17, 15) is 19.5 Å². The van der Waals surface area contributed by atoms with Crippen molar-refractivity contribution in [1.29, 1.82) is 0 Å². The Labute approximate surface area is 179 Å². The second-order valence-corrected chi connectivity index (χ2v) is 7.37. The van der Waals surface area contributed by atoms with Gasteiger partial charge in [-0.2, -0.15) is 0 Å². The molecule has 0 spiro atoms. The summed E-state index contributed by atoms with van der Waals surface area (Å²) in [5.74, 6) is -1.73. The van der Waals surface area contributed by atoms with Crippen molar-refractivity contribution in [2.75, 3.05) is 0 Å². The van der Waals surface area contributed by atoms with E-state index in [0.717, 1.165) is 16.7 Å². The number of azide groups is 1. The van der Waals surface area contributed by atoms with Gasteiger partial charge in [-0.3, -0.25) is 9.59 Å². The van der Waals surface area contributed by atoms with Crippen molar-refractivity contribution in [1.82, 2.24) is 10.2 Å². The van der Waals surface area contributed by atoms with Crippen molar-refractivity contribution in [3.63, 3.8) is 0 Å². The molecule has 0 aromatic heterocycles. The highest BCUT2D eigenvalue weighted by Crippen LogP contribution is 2.22. The summed E-state index contributed by atoms with van der Waals surface area (Å²) < 4.78 is 0. The van der Waals surface area contributed by atoms with Crippen LogP contribution in [0.25, 0.3) is 10.4 Å². The Hall–Kier alpha value is -3.84. The summed E-state index contributed by atoms with van der Waals surface area (Å²) in [5, 5.41) is 15.7. The quantitative estimate of drug-likeness (QED) is 0.365. The van der Waals surface area contributed by atoms with Gasteiger partial charge >= 0.3 is 5.97 Å². The zero-order valence-corrected chi connectivity index (χ0v) is 16.8. The second kappa shape index (κ2) is 10.3. The number of hydrogen-bond donors (Lipinski definition) is 2. The molecular weight excluding hydrogens is 398 g/mol. The number of aliphatic carboxylic acids is 1. The number of carbonyl (C=O) groups is 3. The number of carboxylic acid groups (broad SMARTS) is 1. The zero-order valence-electron chi connectivity index (χ0n) is 16.8.